The maximum Gasteiger partial charge on any atom is 0.158 e. The topological polar surface area (TPSA) is 50.9 Å². The molecule has 4 nitrogen and oxygen atoms in total. The number of nitrogens with zero attached hydrogens (tertiary/aromatic N) is 3. The standard InChI is InChI=1S/C11H19N3O/c1-2-14-10(8-15)12-13-11(14)9-6-4-3-5-7-9/h9,15H,2-8H2,1H3. The highest BCUT2D eigenvalue weighted by Gasteiger charge is 2.22. The van der Waals surface area contributed by atoms with Crippen molar-refractivity contribution < 1.29 is 5.11 Å². The lowest BCUT2D eigenvalue weighted by atomic mass is 9.88. The van der Waals surface area contributed by atoms with Gasteiger partial charge in [0.15, 0.2) is 5.82 Å². The minimum atomic E-state index is -0.00639. The molecule has 1 heterocycles. The molecule has 0 spiro atoms. The summed E-state index contributed by atoms with van der Waals surface area (Å²) >= 11 is 0. The Kier molecular flexibility index (Phi) is 3.36. The van der Waals surface area contributed by atoms with Crippen LogP contribution in [-0.2, 0) is 13.2 Å². The van der Waals surface area contributed by atoms with Crippen LogP contribution in [0.2, 0.25) is 0 Å². The first kappa shape index (κ1) is 10.6. The molecule has 0 atom stereocenters. The molecule has 1 N–H and O–H groups in total. The van der Waals surface area contributed by atoms with Crippen LogP contribution in [0.3, 0.4) is 0 Å². The molecule has 84 valence electrons. The van der Waals surface area contributed by atoms with Gasteiger partial charge in [-0.25, -0.2) is 0 Å². The quantitative estimate of drug-likeness (QED) is 0.826. The van der Waals surface area contributed by atoms with Gasteiger partial charge in [-0.05, 0) is 19.8 Å². The summed E-state index contributed by atoms with van der Waals surface area (Å²) in [6, 6.07) is 0. The van der Waals surface area contributed by atoms with Gasteiger partial charge in [0.1, 0.15) is 12.4 Å². The van der Waals surface area contributed by atoms with Gasteiger partial charge in [-0.3, -0.25) is 0 Å². The van der Waals surface area contributed by atoms with Gasteiger partial charge in [0, 0.05) is 12.5 Å². The Balaban J connectivity index is 2.22. The van der Waals surface area contributed by atoms with E-state index in [4.69, 9.17) is 5.11 Å². The third-order valence-corrected chi connectivity index (χ3v) is 3.28. The summed E-state index contributed by atoms with van der Waals surface area (Å²) in [7, 11) is 0. The molecule has 4 heteroatoms. The third kappa shape index (κ3) is 2.04. The normalized spacial score (nSPS) is 18.3. The van der Waals surface area contributed by atoms with Crippen LogP contribution in [-0.4, -0.2) is 19.9 Å². The molecule has 2 rings (SSSR count). The second-order valence-electron chi connectivity index (χ2n) is 4.21. The van der Waals surface area contributed by atoms with Crippen molar-refractivity contribution in [3.63, 3.8) is 0 Å². The molecule has 1 aliphatic rings. The van der Waals surface area contributed by atoms with Crippen LogP contribution in [0.5, 0.6) is 0 Å². The summed E-state index contributed by atoms with van der Waals surface area (Å²) in [5, 5.41) is 17.4. The average Bonchev–Trinajstić information content (AvgIpc) is 2.72. The van der Waals surface area contributed by atoms with E-state index in [0.717, 1.165) is 12.4 Å². The Hall–Kier alpha value is -0.900. The molecule has 15 heavy (non-hydrogen) atoms. The van der Waals surface area contributed by atoms with Crippen LogP contribution >= 0.6 is 0 Å². The maximum atomic E-state index is 9.14. The van der Waals surface area contributed by atoms with Gasteiger partial charge in [-0.2, -0.15) is 0 Å². The molecule has 1 aromatic rings. The smallest absolute Gasteiger partial charge is 0.158 e. The zero-order valence-corrected chi connectivity index (χ0v) is 9.32. The van der Waals surface area contributed by atoms with Gasteiger partial charge in [-0.1, -0.05) is 19.3 Å². The van der Waals surface area contributed by atoms with Gasteiger partial charge in [-0.15, -0.1) is 10.2 Å². The third-order valence-electron chi connectivity index (χ3n) is 3.28. The second-order valence-corrected chi connectivity index (χ2v) is 4.21. The van der Waals surface area contributed by atoms with Gasteiger partial charge in [0.05, 0.1) is 0 Å². The van der Waals surface area contributed by atoms with Crippen molar-refractivity contribution in [3.8, 4) is 0 Å². The number of hydrogen-bond acceptors (Lipinski definition) is 3. The Labute approximate surface area is 90.3 Å². The first-order valence-electron chi connectivity index (χ1n) is 5.89. The fraction of sp³-hybridized carbons (Fsp3) is 0.818. The van der Waals surface area contributed by atoms with Crippen LogP contribution in [0, 0.1) is 0 Å². The van der Waals surface area contributed by atoms with Crippen molar-refractivity contribution in [3.05, 3.63) is 11.6 Å². The number of aliphatic hydroxyl groups excluding tert-OH is 1. The highest BCUT2D eigenvalue weighted by Crippen LogP contribution is 2.31. The van der Waals surface area contributed by atoms with E-state index in [9.17, 15) is 0 Å². The molecular weight excluding hydrogens is 190 g/mol. The van der Waals surface area contributed by atoms with Crippen LogP contribution in [0.4, 0.5) is 0 Å². The summed E-state index contributed by atoms with van der Waals surface area (Å²) in [6.07, 6.45) is 6.40. The molecule has 0 bridgehead atoms. The summed E-state index contributed by atoms with van der Waals surface area (Å²) in [4.78, 5) is 0. The lowest BCUT2D eigenvalue weighted by Gasteiger charge is -2.21. The monoisotopic (exact) mass is 209 g/mol. The number of aromatic nitrogens is 3. The zero-order valence-electron chi connectivity index (χ0n) is 9.32. The van der Waals surface area contributed by atoms with Crippen molar-refractivity contribution in [2.45, 2.75) is 58.1 Å². The average molecular weight is 209 g/mol. The molecule has 1 saturated carbocycles. The van der Waals surface area contributed by atoms with E-state index in [-0.39, 0.29) is 6.61 Å². The lowest BCUT2D eigenvalue weighted by molar-refractivity contribution is 0.264. The van der Waals surface area contributed by atoms with Gasteiger partial charge >= 0.3 is 0 Å². The highest BCUT2D eigenvalue weighted by molar-refractivity contribution is 5.02. The summed E-state index contributed by atoms with van der Waals surface area (Å²) < 4.78 is 2.07. The number of rotatable bonds is 3. The lowest BCUT2D eigenvalue weighted by Crippen LogP contribution is -2.13. The maximum absolute atomic E-state index is 9.14. The fourth-order valence-corrected chi connectivity index (χ4v) is 2.47. The van der Waals surface area contributed by atoms with E-state index in [2.05, 4.69) is 21.7 Å². The minimum Gasteiger partial charge on any atom is -0.388 e. The molecule has 0 unspecified atom stereocenters. The Morgan fingerprint density at radius 2 is 2.00 bits per heavy atom. The predicted molar refractivity (Wildman–Crippen MR) is 57.4 cm³/mol. The van der Waals surface area contributed by atoms with Crippen LogP contribution in [0.25, 0.3) is 0 Å². The molecule has 1 aromatic heterocycles. The van der Waals surface area contributed by atoms with Crippen molar-refractivity contribution in [1.82, 2.24) is 14.8 Å². The molecule has 1 fully saturated rings. The molecule has 1 aliphatic carbocycles. The molecule has 0 amide bonds. The fourth-order valence-electron chi connectivity index (χ4n) is 2.47. The molecule has 0 saturated heterocycles. The largest absolute Gasteiger partial charge is 0.388 e. The predicted octanol–water partition coefficient (Wildman–Crippen LogP) is 1.84. The molecular formula is C11H19N3O. The Bertz CT molecular complexity index is 316. The van der Waals surface area contributed by atoms with Gasteiger partial charge in [0.25, 0.3) is 0 Å². The van der Waals surface area contributed by atoms with Crippen LogP contribution in [0.1, 0.15) is 56.6 Å². The van der Waals surface area contributed by atoms with E-state index in [1.54, 1.807) is 0 Å². The van der Waals surface area contributed by atoms with Gasteiger partial charge < -0.3 is 9.67 Å². The highest BCUT2D eigenvalue weighted by atomic mass is 16.3. The molecule has 0 aromatic carbocycles. The van der Waals surface area contributed by atoms with E-state index in [1.807, 2.05) is 0 Å². The summed E-state index contributed by atoms with van der Waals surface area (Å²) in [5.74, 6) is 2.35. The zero-order chi connectivity index (χ0) is 10.7. The summed E-state index contributed by atoms with van der Waals surface area (Å²) in [6.45, 7) is 2.93. The van der Waals surface area contributed by atoms with E-state index in [1.165, 1.54) is 32.1 Å². The Morgan fingerprint density at radius 3 is 2.60 bits per heavy atom. The molecule has 0 radical (unpaired) electrons. The minimum absolute atomic E-state index is 0.00639. The summed E-state index contributed by atoms with van der Waals surface area (Å²) in [5.41, 5.74) is 0. The van der Waals surface area contributed by atoms with Crippen molar-refractivity contribution in [1.29, 1.82) is 0 Å². The Morgan fingerprint density at radius 1 is 1.27 bits per heavy atom. The van der Waals surface area contributed by atoms with Crippen molar-refractivity contribution in [2.24, 2.45) is 0 Å². The van der Waals surface area contributed by atoms with Crippen molar-refractivity contribution >= 4 is 0 Å². The number of aliphatic hydroxyl groups is 1. The van der Waals surface area contributed by atoms with Crippen LogP contribution < -0.4 is 0 Å². The van der Waals surface area contributed by atoms with E-state index < -0.39 is 0 Å². The molecule has 0 aliphatic heterocycles. The first-order chi connectivity index (χ1) is 7.36. The number of hydrogen-bond donors (Lipinski definition) is 1. The van der Waals surface area contributed by atoms with Gasteiger partial charge in [0.2, 0.25) is 0 Å². The SMILES string of the molecule is CCn1c(CO)nnc1C1CCCCC1. The van der Waals surface area contributed by atoms with E-state index in [0.29, 0.717) is 11.7 Å². The van der Waals surface area contributed by atoms with E-state index >= 15 is 0 Å². The first-order valence-corrected chi connectivity index (χ1v) is 5.89. The second kappa shape index (κ2) is 4.75. The van der Waals surface area contributed by atoms with Crippen molar-refractivity contribution in [2.75, 3.05) is 0 Å². The van der Waals surface area contributed by atoms with Crippen LogP contribution in [0.15, 0.2) is 0 Å².